The lowest BCUT2D eigenvalue weighted by Crippen LogP contribution is -2.28. The molecule has 0 radical (unpaired) electrons. The molecule has 0 saturated heterocycles. The molecule has 4 rings (SSSR count). The lowest BCUT2D eigenvalue weighted by atomic mass is 9.86. The standard InChI is InChI=1S/C27H32N2O5S/c1-6-33-27(31)21-14-29-23(16(2)3)10-18-11-26(34-9-7-8-32-5)20(22-15-35-17(4)28-22)12-19(18)24(29)13-25(21)30/h11-16,23H,6-10H2,1-5H3. The number of carbonyl (C=O) groups is 1. The third-order valence-corrected chi connectivity index (χ3v) is 7.03. The maximum Gasteiger partial charge on any atom is 0.343 e. The molecule has 0 fully saturated rings. The van der Waals surface area contributed by atoms with Crippen molar-refractivity contribution in [1.29, 1.82) is 0 Å². The van der Waals surface area contributed by atoms with E-state index in [1.54, 1.807) is 37.6 Å². The number of esters is 1. The first kappa shape index (κ1) is 25.1. The van der Waals surface area contributed by atoms with Crippen molar-refractivity contribution >= 4 is 17.3 Å². The third-order valence-electron chi connectivity index (χ3n) is 6.26. The smallest absolute Gasteiger partial charge is 0.343 e. The number of fused-ring (bicyclic) bond motifs is 3. The SMILES string of the molecule is CCOC(=O)c1cn2c(cc1=O)-c1cc(-c3csc(C)n3)c(OCCCOC)cc1CC2C(C)C. The van der Waals surface area contributed by atoms with E-state index in [0.717, 1.165) is 51.7 Å². The summed E-state index contributed by atoms with van der Waals surface area (Å²) in [4.78, 5) is 30.1. The number of benzene rings is 1. The molecule has 0 saturated carbocycles. The van der Waals surface area contributed by atoms with Gasteiger partial charge in [-0.05, 0) is 43.9 Å². The molecule has 1 aliphatic rings. The second-order valence-electron chi connectivity index (χ2n) is 9.03. The fourth-order valence-electron chi connectivity index (χ4n) is 4.50. The number of pyridine rings is 1. The molecular weight excluding hydrogens is 464 g/mol. The predicted octanol–water partition coefficient (Wildman–Crippen LogP) is 5.29. The number of hydrogen-bond acceptors (Lipinski definition) is 7. The van der Waals surface area contributed by atoms with Crippen molar-refractivity contribution in [3.63, 3.8) is 0 Å². The Morgan fingerprint density at radius 3 is 2.69 bits per heavy atom. The molecule has 1 atom stereocenters. The minimum atomic E-state index is -0.584. The summed E-state index contributed by atoms with van der Waals surface area (Å²) < 4.78 is 18.6. The molecule has 0 aliphatic carbocycles. The molecule has 0 N–H and O–H groups in total. The van der Waals surface area contributed by atoms with Crippen molar-refractivity contribution in [3.8, 4) is 28.3 Å². The van der Waals surface area contributed by atoms with E-state index in [4.69, 9.17) is 19.2 Å². The van der Waals surface area contributed by atoms with Crippen LogP contribution in [0.1, 0.15) is 54.2 Å². The fraction of sp³-hybridized carbons (Fsp3) is 0.444. The van der Waals surface area contributed by atoms with Crippen LogP contribution in [0.25, 0.3) is 22.5 Å². The van der Waals surface area contributed by atoms with Crippen LogP contribution in [-0.2, 0) is 15.9 Å². The van der Waals surface area contributed by atoms with Crippen molar-refractivity contribution in [1.82, 2.24) is 9.55 Å². The van der Waals surface area contributed by atoms with Gasteiger partial charge in [0, 0.05) is 54.9 Å². The second kappa shape index (κ2) is 10.7. The van der Waals surface area contributed by atoms with E-state index < -0.39 is 5.97 Å². The van der Waals surface area contributed by atoms with Crippen molar-refractivity contribution in [2.24, 2.45) is 5.92 Å². The molecule has 7 nitrogen and oxygen atoms in total. The zero-order chi connectivity index (χ0) is 25.1. The van der Waals surface area contributed by atoms with Gasteiger partial charge in [-0.3, -0.25) is 4.79 Å². The summed E-state index contributed by atoms with van der Waals surface area (Å²) >= 11 is 1.59. The highest BCUT2D eigenvalue weighted by Gasteiger charge is 2.30. The zero-order valence-electron chi connectivity index (χ0n) is 20.9. The first-order valence-electron chi connectivity index (χ1n) is 12.0. The zero-order valence-corrected chi connectivity index (χ0v) is 21.7. The number of aryl methyl sites for hydroxylation is 1. The monoisotopic (exact) mass is 496 g/mol. The molecule has 3 aromatic rings. The van der Waals surface area contributed by atoms with E-state index in [1.165, 1.54) is 0 Å². The summed E-state index contributed by atoms with van der Waals surface area (Å²) in [5.74, 6) is 0.484. The summed E-state index contributed by atoms with van der Waals surface area (Å²) in [6.07, 6.45) is 3.22. The maximum atomic E-state index is 13.0. The summed E-state index contributed by atoms with van der Waals surface area (Å²) in [6, 6.07) is 5.81. The molecule has 1 aliphatic heterocycles. The Morgan fingerprint density at radius 2 is 2.03 bits per heavy atom. The highest BCUT2D eigenvalue weighted by molar-refractivity contribution is 7.09. The largest absolute Gasteiger partial charge is 0.493 e. The van der Waals surface area contributed by atoms with Crippen LogP contribution in [-0.4, -0.2) is 42.5 Å². The summed E-state index contributed by atoms with van der Waals surface area (Å²) in [7, 11) is 1.68. The Hall–Kier alpha value is -2.97. The van der Waals surface area contributed by atoms with Crippen molar-refractivity contribution in [2.75, 3.05) is 26.9 Å². The molecule has 3 heterocycles. The lowest BCUT2D eigenvalue weighted by Gasteiger charge is -2.34. The number of aromatic nitrogens is 2. The first-order valence-corrected chi connectivity index (χ1v) is 12.9. The Morgan fingerprint density at radius 1 is 1.23 bits per heavy atom. The lowest BCUT2D eigenvalue weighted by molar-refractivity contribution is 0.0523. The van der Waals surface area contributed by atoms with Gasteiger partial charge in [0.1, 0.15) is 11.3 Å². The van der Waals surface area contributed by atoms with Gasteiger partial charge in [0.05, 0.1) is 29.6 Å². The van der Waals surface area contributed by atoms with Crippen LogP contribution in [0, 0.1) is 12.8 Å². The number of hydrogen-bond donors (Lipinski definition) is 0. The van der Waals surface area contributed by atoms with Gasteiger partial charge in [-0.25, -0.2) is 9.78 Å². The Labute approximate surface area is 209 Å². The molecular formula is C27H32N2O5S. The van der Waals surface area contributed by atoms with Crippen LogP contribution >= 0.6 is 11.3 Å². The van der Waals surface area contributed by atoms with Crippen LogP contribution in [0.15, 0.2) is 34.6 Å². The van der Waals surface area contributed by atoms with Crippen LogP contribution < -0.4 is 10.2 Å². The number of methoxy groups -OCH3 is 1. The van der Waals surface area contributed by atoms with E-state index in [1.807, 2.05) is 12.3 Å². The molecule has 8 heteroatoms. The van der Waals surface area contributed by atoms with E-state index in [-0.39, 0.29) is 29.6 Å². The number of thiazole rings is 1. The van der Waals surface area contributed by atoms with E-state index >= 15 is 0 Å². The fourth-order valence-corrected chi connectivity index (χ4v) is 5.12. The molecule has 186 valence electrons. The molecule has 35 heavy (non-hydrogen) atoms. The van der Waals surface area contributed by atoms with Gasteiger partial charge < -0.3 is 18.8 Å². The van der Waals surface area contributed by atoms with Crippen molar-refractivity contribution in [3.05, 3.63) is 56.1 Å². The van der Waals surface area contributed by atoms with Gasteiger partial charge in [0.2, 0.25) is 0 Å². The van der Waals surface area contributed by atoms with Crippen LogP contribution in [0.2, 0.25) is 0 Å². The minimum absolute atomic E-state index is 0.0677. The van der Waals surface area contributed by atoms with Gasteiger partial charge in [0.15, 0.2) is 5.43 Å². The molecule has 0 spiro atoms. The Balaban J connectivity index is 1.87. The molecule has 1 unspecified atom stereocenters. The number of ether oxygens (including phenoxy) is 3. The number of rotatable bonds is 9. The minimum Gasteiger partial charge on any atom is -0.493 e. The number of carbonyl (C=O) groups excluding carboxylic acids is 1. The number of nitrogens with zero attached hydrogens (tertiary/aromatic N) is 2. The van der Waals surface area contributed by atoms with Gasteiger partial charge in [-0.15, -0.1) is 11.3 Å². The Bertz CT molecular complexity index is 1280. The third kappa shape index (κ3) is 5.18. The van der Waals surface area contributed by atoms with E-state index in [9.17, 15) is 9.59 Å². The molecule has 1 aromatic carbocycles. The average Bonchev–Trinajstić information content (AvgIpc) is 3.26. The van der Waals surface area contributed by atoms with Gasteiger partial charge >= 0.3 is 5.97 Å². The topological polar surface area (TPSA) is 79.7 Å². The molecule has 0 bridgehead atoms. The average molecular weight is 497 g/mol. The van der Waals surface area contributed by atoms with Gasteiger partial charge in [0.25, 0.3) is 0 Å². The van der Waals surface area contributed by atoms with E-state index in [2.05, 4.69) is 30.5 Å². The normalized spacial score (nSPS) is 14.5. The Kier molecular flexibility index (Phi) is 7.72. The molecule has 2 aromatic heterocycles. The summed E-state index contributed by atoms with van der Waals surface area (Å²) in [5.41, 5.74) is 4.34. The quantitative estimate of drug-likeness (QED) is 0.296. The molecule has 0 amide bonds. The van der Waals surface area contributed by atoms with Gasteiger partial charge in [-0.1, -0.05) is 13.8 Å². The predicted molar refractivity (Wildman–Crippen MR) is 138 cm³/mol. The summed E-state index contributed by atoms with van der Waals surface area (Å²) in [5, 5.41) is 2.99. The highest BCUT2D eigenvalue weighted by atomic mass is 32.1. The van der Waals surface area contributed by atoms with Crippen molar-refractivity contribution < 1.29 is 19.0 Å². The maximum absolute atomic E-state index is 13.0. The van der Waals surface area contributed by atoms with Crippen LogP contribution in [0.5, 0.6) is 5.75 Å². The van der Waals surface area contributed by atoms with Crippen LogP contribution in [0.4, 0.5) is 0 Å². The first-order chi connectivity index (χ1) is 16.8. The highest BCUT2D eigenvalue weighted by Crippen LogP contribution is 2.43. The van der Waals surface area contributed by atoms with Gasteiger partial charge in [-0.2, -0.15) is 0 Å². The van der Waals surface area contributed by atoms with Crippen LogP contribution in [0.3, 0.4) is 0 Å². The summed E-state index contributed by atoms with van der Waals surface area (Å²) in [6.45, 7) is 9.40. The second-order valence-corrected chi connectivity index (χ2v) is 10.1. The van der Waals surface area contributed by atoms with E-state index in [0.29, 0.717) is 13.2 Å². The van der Waals surface area contributed by atoms with Crippen molar-refractivity contribution in [2.45, 2.75) is 46.6 Å².